The molecule has 0 saturated carbocycles. The lowest BCUT2D eigenvalue weighted by Gasteiger charge is -2.24. The third-order valence-corrected chi connectivity index (χ3v) is 5.92. The highest BCUT2D eigenvalue weighted by molar-refractivity contribution is 9.10. The van der Waals surface area contributed by atoms with Gasteiger partial charge in [-0.3, -0.25) is 4.90 Å². The van der Waals surface area contributed by atoms with E-state index in [-0.39, 0.29) is 5.82 Å². The zero-order chi connectivity index (χ0) is 20.9. The van der Waals surface area contributed by atoms with Gasteiger partial charge in [-0.1, -0.05) is 23.4 Å². The van der Waals surface area contributed by atoms with Crippen LogP contribution in [-0.2, 0) is 6.54 Å². The summed E-state index contributed by atoms with van der Waals surface area (Å²) >= 11 is 8.95. The van der Waals surface area contributed by atoms with Crippen molar-refractivity contribution in [1.82, 2.24) is 19.9 Å². The minimum atomic E-state index is -0.291. The summed E-state index contributed by atoms with van der Waals surface area (Å²) in [5.41, 5.74) is 1.67. The molecule has 30 heavy (non-hydrogen) atoms. The summed E-state index contributed by atoms with van der Waals surface area (Å²) in [7, 11) is 0. The summed E-state index contributed by atoms with van der Waals surface area (Å²) in [5, 5.41) is 7.97. The van der Waals surface area contributed by atoms with E-state index in [0.29, 0.717) is 27.8 Å². The van der Waals surface area contributed by atoms with Crippen molar-refractivity contribution in [2.75, 3.05) is 31.5 Å². The van der Waals surface area contributed by atoms with E-state index in [9.17, 15) is 4.39 Å². The molecule has 1 N–H and O–H groups in total. The Balaban J connectivity index is 1.33. The van der Waals surface area contributed by atoms with Crippen molar-refractivity contribution in [2.45, 2.75) is 13.0 Å². The van der Waals surface area contributed by atoms with Crippen LogP contribution in [0, 0.1) is 5.82 Å². The van der Waals surface area contributed by atoms with Crippen LogP contribution in [0.4, 0.5) is 10.1 Å². The van der Waals surface area contributed by atoms with Gasteiger partial charge in [-0.05, 0) is 64.9 Å². The lowest BCUT2D eigenvalue weighted by atomic mass is 10.2. The quantitative estimate of drug-likeness (QED) is 0.539. The summed E-state index contributed by atoms with van der Waals surface area (Å²) in [5.74, 6) is 0.927. The molecular formula is C21H21BrFN5OS. The van der Waals surface area contributed by atoms with Crippen LogP contribution in [0.15, 0.2) is 57.5 Å². The van der Waals surface area contributed by atoms with Gasteiger partial charge in [0.1, 0.15) is 5.82 Å². The van der Waals surface area contributed by atoms with E-state index in [4.69, 9.17) is 16.7 Å². The number of benzene rings is 2. The second-order valence-electron chi connectivity index (χ2n) is 7.05. The molecule has 1 aliphatic heterocycles. The monoisotopic (exact) mass is 489 g/mol. The first-order valence-electron chi connectivity index (χ1n) is 9.70. The van der Waals surface area contributed by atoms with Crippen molar-refractivity contribution in [1.29, 1.82) is 0 Å². The Labute approximate surface area is 188 Å². The molecule has 6 nitrogen and oxygen atoms in total. The van der Waals surface area contributed by atoms with E-state index >= 15 is 0 Å². The van der Waals surface area contributed by atoms with Crippen molar-refractivity contribution >= 4 is 38.9 Å². The lowest BCUT2D eigenvalue weighted by Crippen LogP contribution is -2.37. The Morgan fingerprint density at radius 2 is 1.97 bits per heavy atom. The SMILES string of the molecule is Fc1ccc(NC(=S)N2CCCN(Cc3noc(-c4ccccc4)n3)CC2)c(Br)c1. The number of nitrogens with zero attached hydrogens (tertiary/aromatic N) is 4. The number of nitrogens with one attached hydrogen (secondary N) is 1. The maximum absolute atomic E-state index is 13.3. The van der Waals surface area contributed by atoms with Crippen LogP contribution in [0.1, 0.15) is 12.2 Å². The smallest absolute Gasteiger partial charge is 0.257 e. The molecule has 1 aliphatic rings. The molecule has 156 valence electrons. The third-order valence-electron chi connectivity index (χ3n) is 4.90. The number of hydrogen-bond acceptors (Lipinski definition) is 5. The van der Waals surface area contributed by atoms with Gasteiger partial charge in [0.05, 0.1) is 12.2 Å². The van der Waals surface area contributed by atoms with E-state index in [2.05, 4.69) is 41.2 Å². The van der Waals surface area contributed by atoms with Crippen LogP contribution in [0.25, 0.3) is 11.5 Å². The molecule has 0 radical (unpaired) electrons. The number of hydrogen-bond donors (Lipinski definition) is 1. The van der Waals surface area contributed by atoms with Gasteiger partial charge in [0.15, 0.2) is 10.9 Å². The molecule has 0 bridgehead atoms. The molecular weight excluding hydrogens is 469 g/mol. The van der Waals surface area contributed by atoms with Gasteiger partial charge in [0.25, 0.3) is 5.89 Å². The summed E-state index contributed by atoms with van der Waals surface area (Å²) in [6.07, 6.45) is 0.968. The highest BCUT2D eigenvalue weighted by atomic mass is 79.9. The van der Waals surface area contributed by atoms with Crippen LogP contribution in [0.2, 0.25) is 0 Å². The number of aromatic nitrogens is 2. The zero-order valence-corrected chi connectivity index (χ0v) is 18.6. The first kappa shape index (κ1) is 20.9. The number of rotatable bonds is 4. The van der Waals surface area contributed by atoms with Crippen molar-refractivity contribution < 1.29 is 8.91 Å². The highest BCUT2D eigenvalue weighted by Gasteiger charge is 2.19. The van der Waals surface area contributed by atoms with Crippen LogP contribution < -0.4 is 5.32 Å². The fourth-order valence-electron chi connectivity index (χ4n) is 3.33. The van der Waals surface area contributed by atoms with Gasteiger partial charge in [-0.25, -0.2) is 4.39 Å². The van der Waals surface area contributed by atoms with E-state index in [1.165, 1.54) is 12.1 Å². The predicted octanol–water partition coefficient (Wildman–Crippen LogP) is 4.54. The molecule has 1 fully saturated rings. The third kappa shape index (κ3) is 5.21. The molecule has 0 unspecified atom stereocenters. The summed E-state index contributed by atoms with van der Waals surface area (Å²) < 4.78 is 19.3. The topological polar surface area (TPSA) is 57.4 Å². The van der Waals surface area contributed by atoms with E-state index in [1.54, 1.807) is 6.07 Å². The Kier molecular flexibility index (Phi) is 6.71. The van der Waals surface area contributed by atoms with Gasteiger partial charge in [0.2, 0.25) is 0 Å². The van der Waals surface area contributed by atoms with E-state index in [0.717, 1.165) is 43.9 Å². The van der Waals surface area contributed by atoms with Gasteiger partial charge < -0.3 is 14.7 Å². The van der Waals surface area contributed by atoms with Crippen molar-refractivity contribution in [3.05, 3.63) is 64.6 Å². The summed E-state index contributed by atoms with van der Waals surface area (Å²) in [6.45, 7) is 4.03. The maximum Gasteiger partial charge on any atom is 0.257 e. The zero-order valence-electron chi connectivity index (χ0n) is 16.2. The molecule has 1 aromatic heterocycles. The Bertz CT molecular complexity index is 1020. The molecule has 0 atom stereocenters. The minimum Gasteiger partial charge on any atom is -0.348 e. The van der Waals surface area contributed by atoms with Crippen LogP contribution in [0.3, 0.4) is 0 Å². The van der Waals surface area contributed by atoms with Crippen molar-refractivity contribution in [3.8, 4) is 11.5 Å². The first-order chi connectivity index (χ1) is 14.6. The molecule has 4 rings (SSSR count). The summed E-state index contributed by atoms with van der Waals surface area (Å²) in [6, 6.07) is 14.3. The largest absolute Gasteiger partial charge is 0.348 e. The number of thiocarbonyl (C=S) groups is 1. The van der Waals surface area contributed by atoms with Crippen LogP contribution in [-0.4, -0.2) is 51.2 Å². The van der Waals surface area contributed by atoms with Crippen LogP contribution >= 0.6 is 28.1 Å². The number of anilines is 1. The normalized spacial score (nSPS) is 15.1. The van der Waals surface area contributed by atoms with Gasteiger partial charge in [0, 0.05) is 36.2 Å². The Hall–Kier alpha value is -2.36. The van der Waals surface area contributed by atoms with E-state index in [1.807, 2.05) is 30.3 Å². The lowest BCUT2D eigenvalue weighted by molar-refractivity contribution is 0.266. The molecule has 3 aromatic rings. The molecule has 0 spiro atoms. The molecule has 1 saturated heterocycles. The second-order valence-corrected chi connectivity index (χ2v) is 8.29. The molecule has 2 aromatic carbocycles. The van der Waals surface area contributed by atoms with Crippen molar-refractivity contribution in [3.63, 3.8) is 0 Å². The fourth-order valence-corrected chi connectivity index (χ4v) is 4.08. The van der Waals surface area contributed by atoms with Crippen molar-refractivity contribution in [2.24, 2.45) is 0 Å². The average molecular weight is 490 g/mol. The Morgan fingerprint density at radius 3 is 2.77 bits per heavy atom. The molecule has 0 amide bonds. The first-order valence-corrected chi connectivity index (χ1v) is 10.9. The molecule has 9 heteroatoms. The Morgan fingerprint density at radius 1 is 1.13 bits per heavy atom. The van der Waals surface area contributed by atoms with E-state index < -0.39 is 0 Å². The molecule has 2 heterocycles. The van der Waals surface area contributed by atoms with Gasteiger partial charge in [-0.2, -0.15) is 4.98 Å². The molecule has 0 aliphatic carbocycles. The van der Waals surface area contributed by atoms with Gasteiger partial charge in [-0.15, -0.1) is 0 Å². The average Bonchev–Trinajstić information content (AvgIpc) is 3.08. The summed E-state index contributed by atoms with van der Waals surface area (Å²) in [4.78, 5) is 8.96. The fraction of sp³-hybridized carbons (Fsp3) is 0.286. The standard InChI is InChI=1S/C21H21BrFN5OS/c22-17-13-16(23)7-8-18(17)24-21(30)28-10-4-9-27(11-12-28)14-19-25-20(29-26-19)15-5-2-1-3-6-15/h1-3,5-8,13H,4,9-12,14H2,(H,24,30). The van der Waals surface area contributed by atoms with Gasteiger partial charge >= 0.3 is 0 Å². The maximum atomic E-state index is 13.3. The van der Waals surface area contributed by atoms with Crippen LogP contribution in [0.5, 0.6) is 0 Å². The minimum absolute atomic E-state index is 0.291. The highest BCUT2D eigenvalue weighted by Crippen LogP contribution is 2.24. The number of halogens is 2. The second kappa shape index (κ2) is 9.63. The predicted molar refractivity (Wildman–Crippen MR) is 122 cm³/mol.